The maximum Gasteiger partial charge on any atom is 0.273 e. The average Bonchev–Trinajstić information content (AvgIpc) is 2.80. The van der Waals surface area contributed by atoms with E-state index in [4.69, 9.17) is 16.7 Å². The van der Waals surface area contributed by atoms with Gasteiger partial charge in [-0.15, -0.1) is 0 Å². The molecule has 0 fully saturated rings. The smallest absolute Gasteiger partial charge is 0.273 e. The number of benzene rings is 3. The molecular formula is C25H24ClFN4O3. The third-order valence-electron chi connectivity index (χ3n) is 4.83. The van der Waals surface area contributed by atoms with Crippen molar-refractivity contribution in [3.63, 3.8) is 0 Å². The summed E-state index contributed by atoms with van der Waals surface area (Å²) in [6, 6.07) is 17.3. The number of nitrogens with zero attached hydrogens (tertiary/aromatic N) is 2. The first-order valence-electron chi connectivity index (χ1n) is 10.4. The molecule has 0 aliphatic rings. The predicted molar refractivity (Wildman–Crippen MR) is 131 cm³/mol. The number of halogens is 2. The van der Waals surface area contributed by atoms with E-state index in [1.54, 1.807) is 30.3 Å². The van der Waals surface area contributed by atoms with Crippen LogP contribution in [-0.4, -0.2) is 48.2 Å². The summed E-state index contributed by atoms with van der Waals surface area (Å²) in [5, 5.41) is 16.0. The van der Waals surface area contributed by atoms with Crippen molar-refractivity contribution in [3.05, 3.63) is 99.8 Å². The zero-order valence-corrected chi connectivity index (χ0v) is 19.2. The molecular weight excluding hydrogens is 459 g/mol. The van der Waals surface area contributed by atoms with Crippen molar-refractivity contribution in [2.24, 2.45) is 5.10 Å². The molecule has 0 aromatic heterocycles. The topological polar surface area (TPSA) is 94.0 Å². The van der Waals surface area contributed by atoms with Crippen molar-refractivity contribution < 1.29 is 19.1 Å². The Hall–Kier alpha value is -3.59. The first kappa shape index (κ1) is 25.0. The fourth-order valence-electron chi connectivity index (χ4n) is 3.19. The molecule has 3 aromatic rings. The van der Waals surface area contributed by atoms with Crippen molar-refractivity contribution in [3.8, 4) is 0 Å². The van der Waals surface area contributed by atoms with Crippen LogP contribution in [0.25, 0.3) is 0 Å². The van der Waals surface area contributed by atoms with E-state index < -0.39 is 17.6 Å². The highest BCUT2D eigenvalue weighted by molar-refractivity contribution is 6.31. The lowest BCUT2D eigenvalue weighted by atomic mass is 10.1. The molecule has 0 atom stereocenters. The summed E-state index contributed by atoms with van der Waals surface area (Å²) in [6.07, 6.45) is 1.31. The molecule has 34 heavy (non-hydrogen) atoms. The second-order valence-electron chi connectivity index (χ2n) is 7.56. The first-order chi connectivity index (χ1) is 16.4. The van der Waals surface area contributed by atoms with Gasteiger partial charge in [0, 0.05) is 23.7 Å². The molecule has 2 amide bonds. The highest BCUT2D eigenvalue weighted by atomic mass is 35.5. The number of aliphatic hydroxyl groups excluding tert-OH is 1. The van der Waals surface area contributed by atoms with Gasteiger partial charge >= 0.3 is 0 Å². The van der Waals surface area contributed by atoms with E-state index in [0.29, 0.717) is 29.2 Å². The molecule has 0 unspecified atom stereocenters. The Morgan fingerprint density at radius 2 is 1.88 bits per heavy atom. The van der Waals surface area contributed by atoms with E-state index in [-0.39, 0.29) is 17.9 Å². The lowest BCUT2D eigenvalue weighted by molar-refractivity contribution is 0.0956. The predicted octanol–water partition coefficient (Wildman–Crippen LogP) is 3.92. The molecule has 0 saturated carbocycles. The number of hydrazone groups is 1. The number of anilines is 1. The van der Waals surface area contributed by atoms with Crippen molar-refractivity contribution in [1.82, 2.24) is 10.3 Å². The number of carbonyl (C=O) groups excluding carboxylic acids is 2. The van der Waals surface area contributed by atoms with Crippen LogP contribution in [0.1, 0.15) is 31.8 Å². The normalized spacial score (nSPS) is 11.1. The van der Waals surface area contributed by atoms with Gasteiger partial charge in [-0.2, -0.15) is 5.10 Å². The van der Waals surface area contributed by atoms with Gasteiger partial charge in [-0.25, -0.2) is 9.82 Å². The number of amides is 2. The second kappa shape index (κ2) is 12.0. The Morgan fingerprint density at radius 1 is 1.09 bits per heavy atom. The molecule has 0 saturated heterocycles. The minimum atomic E-state index is -0.593. The minimum absolute atomic E-state index is 0.0460. The van der Waals surface area contributed by atoms with Gasteiger partial charge in [0.2, 0.25) is 0 Å². The van der Waals surface area contributed by atoms with Gasteiger partial charge in [-0.1, -0.05) is 35.9 Å². The van der Waals surface area contributed by atoms with Gasteiger partial charge in [0.1, 0.15) is 5.82 Å². The fraction of sp³-hybridized carbons (Fsp3) is 0.160. The van der Waals surface area contributed by atoms with Gasteiger partial charge in [0.15, 0.2) is 0 Å². The number of carbonyl (C=O) groups is 2. The Balaban J connectivity index is 1.73. The molecule has 3 N–H and O–H groups in total. The summed E-state index contributed by atoms with van der Waals surface area (Å²) in [7, 11) is 1.87. The van der Waals surface area contributed by atoms with Gasteiger partial charge in [-0.05, 0) is 60.6 Å². The monoisotopic (exact) mass is 482 g/mol. The average molecular weight is 483 g/mol. The molecule has 176 valence electrons. The molecule has 0 aliphatic carbocycles. The van der Waals surface area contributed by atoms with E-state index in [2.05, 4.69) is 15.8 Å². The summed E-state index contributed by atoms with van der Waals surface area (Å²) in [4.78, 5) is 27.5. The number of hydrogen-bond acceptors (Lipinski definition) is 5. The maximum absolute atomic E-state index is 13.3. The van der Waals surface area contributed by atoms with E-state index >= 15 is 0 Å². The molecule has 3 aromatic carbocycles. The number of likely N-dealkylation sites (N-methyl/N-ethyl adjacent to an activating group) is 1. The summed E-state index contributed by atoms with van der Waals surface area (Å²) in [5.41, 5.74) is 4.54. The van der Waals surface area contributed by atoms with E-state index in [9.17, 15) is 14.0 Å². The van der Waals surface area contributed by atoms with Crippen LogP contribution < -0.4 is 10.7 Å². The molecule has 0 spiro atoms. The maximum atomic E-state index is 13.3. The fourth-order valence-corrected chi connectivity index (χ4v) is 3.36. The van der Waals surface area contributed by atoms with E-state index in [1.807, 2.05) is 18.0 Å². The van der Waals surface area contributed by atoms with Gasteiger partial charge in [-0.3, -0.25) is 14.5 Å². The van der Waals surface area contributed by atoms with Crippen molar-refractivity contribution in [2.75, 3.05) is 25.5 Å². The number of hydrogen-bond donors (Lipinski definition) is 3. The molecule has 0 heterocycles. The molecule has 0 aliphatic heterocycles. The third-order valence-corrected chi connectivity index (χ3v) is 5.06. The van der Waals surface area contributed by atoms with Crippen LogP contribution in [0.4, 0.5) is 10.1 Å². The number of aliphatic hydroxyl groups is 1. The summed E-state index contributed by atoms with van der Waals surface area (Å²) in [5.74, 6) is -1.41. The Labute approximate surface area is 201 Å². The quantitative estimate of drug-likeness (QED) is 0.318. The molecule has 0 bridgehead atoms. The molecule has 3 rings (SSSR count). The second-order valence-corrected chi connectivity index (χ2v) is 8.00. The molecule has 7 nitrogen and oxygen atoms in total. The minimum Gasteiger partial charge on any atom is -0.395 e. The summed E-state index contributed by atoms with van der Waals surface area (Å²) in [6.45, 7) is 1.13. The molecule has 0 radical (unpaired) electrons. The summed E-state index contributed by atoms with van der Waals surface area (Å²) >= 11 is 6.06. The lowest BCUT2D eigenvalue weighted by Crippen LogP contribution is -2.22. The Kier molecular flexibility index (Phi) is 8.86. The highest BCUT2D eigenvalue weighted by Crippen LogP contribution is 2.22. The van der Waals surface area contributed by atoms with E-state index in [0.717, 1.165) is 5.56 Å². The number of rotatable bonds is 9. The SMILES string of the molecule is CN(CCO)Cc1cccc(C(=O)Nc2ccc(Cl)cc2C(=O)N/N=C/c2cccc(F)c2)c1. The van der Waals surface area contributed by atoms with Crippen LogP contribution in [-0.2, 0) is 6.54 Å². The number of nitrogens with one attached hydrogen (secondary N) is 2. The van der Waals surface area contributed by atoms with Crippen LogP contribution in [0, 0.1) is 5.82 Å². The van der Waals surface area contributed by atoms with Crippen molar-refractivity contribution in [1.29, 1.82) is 0 Å². The zero-order chi connectivity index (χ0) is 24.5. The Bertz CT molecular complexity index is 1200. The van der Waals surface area contributed by atoms with Crippen LogP contribution in [0.15, 0.2) is 71.8 Å². The lowest BCUT2D eigenvalue weighted by Gasteiger charge is -2.16. The highest BCUT2D eigenvalue weighted by Gasteiger charge is 2.15. The summed E-state index contributed by atoms with van der Waals surface area (Å²) < 4.78 is 13.3. The van der Waals surface area contributed by atoms with Gasteiger partial charge in [0.25, 0.3) is 11.8 Å². The first-order valence-corrected chi connectivity index (χ1v) is 10.8. The largest absolute Gasteiger partial charge is 0.395 e. The standard InChI is InChI=1S/C25H24ClFN4O3/c1-31(10-11-32)16-18-5-2-6-19(12-18)24(33)29-23-9-8-20(26)14-22(23)25(34)30-28-15-17-4-3-7-21(27)13-17/h2-9,12-15,32H,10-11,16H2,1H3,(H,29,33)(H,30,34)/b28-15+. The zero-order valence-electron chi connectivity index (χ0n) is 18.5. The van der Waals surface area contributed by atoms with Crippen LogP contribution in [0.5, 0.6) is 0 Å². The van der Waals surface area contributed by atoms with Crippen LogP contribution in [0.3, 0.4) is 0 Å². The van der Waals surface area contributed by atoms with Crippen molar-refractivity contribution >= 4 is 35.3 Å². The van der Waals surface area contributed by atoms with Crippen LogP contribution >= 0.6 is 11.6 Å². The van der Waals surface area contributed by atoms with Crippen LogP contribution in [0.2, 0.25) is 5.02 Å². The molecule has 9 heteroatoms. The van der Waals surface area contributed by atoms with E-state index in [1.165, 1.54) is 36.5 Å². The van der Waals surface area contributed by atoms with Gasteiger partial charge < -0.3 is 10.4 Å². The van der Waals surface area contributed by atoms with Crippen molar-refractivity contribution in [2.45, 2.75) is 6.54 Å². The van der Waals surface area contributed by atoms with Gasteiger partial charge in [0.05, 0.1) is 24.1 Å². The Morgan fingerprint density at radius 3 is 2.65 bits per heavy atom. The third kappa shape index (κ3) is 7.21.